The fourth-order valence-electron chi connectivity index (χ4n) is 2.47. The highest BCUT2D eigenvalue weighted by Gasteiger charge is 2.22. The number of ether oxygens (including phenoxy) is 2. The predicted molar refractivity (Wildman–Crippen MR) is 117 cm³/mol. The van der Waals surface area contributed by atoms with Gasteiger partial charge in [-0.15, -0.1) is 12.4 Å². The maximum atomic E-state index is 11.9. The Hall–Kier alpha value is -2.41. The third-order valence-corrected chi connectivity index (χ3v) is 4.12. The van der Waals surface area contributed by atoms with E-state index >= 15 is 0 Å². The van der Waals surface area contributed by atoms with Crippen molar-refractivity contribution in [3.63, 3.8) is 0 Å². The number of halogens is 1. The van der Waals surface area contributed by atoms with Gasteiger partial charge >= 0.3 is 11.9 Å². The van der Waals surface area contributed by atoms with Crippen molar-refractivity contribution >= 4 is 24.3 Å². The second kappa shape index (κ2) is 14.6. The van der Waals surface area contributed by atoms with Crippen LogP contribution in [0.5, 0.6) is 0 Å². The highest BCUT2D eigenvalue weighted by molar-refractivity contribution is 5.85. The molecule has 6 nitrogen and oxygen atoms in total. The van der Waals surface area contributed by atoms with Gasteiger partial charge in [0.1, 0.15) is 12.1 Å². The van der Waals surface area contributed by atoms with Crippen LogP contribution in [-0.4, -0.2) is 43.1 Å². The molecule has 0 heterocycles. The maximum absolute atomic E-state index is 11.9. The summed E-state index contributed by atoms with van der Waals surface area (Å²) in [6.07, 6.45) is 0. The van der Waals surface area contributed by atoms with Crippen molar-refractivity contribution in [2.24, 2.45) is 5.73 Å². The number of hydrogen-bond donors (Lipinski definition) is 1. The number of benzene rings is 2. The van der Waals surface area contributed by atoms with Crippen molar-refractivity contribution in [1.82, 2.24) is 4.90 Å². The van der Waals surface area contributed by atoms with Gasteiger partial charge in [-0.05, 0) is 25.0 Å². The Balaban J connectivity index is 0.000000846. The largest absolute Gasteiger partial charge is 0.468 e. The van der Waals surface area contributed by atoms with Gasteiger partial charge in [-0.2, -0.15) is 0 Å². The molecule has 0 saturated carbocycles. The van der Waals surface area contributed by atoms with E-state index in [9.17, 15) is 9.59 Å². The first-order valence-corrected chi connectivity index (χ1v) is 9.12. The van der Waals surface area contributed by atoms with Gasteiger partial charge in [0.05, 0.1) is 14.2 Å². The molecule has 0 unspecified atom stereocenters. The molecule has 2 rings (SSSR count). The number of hydrogen-bond acceptors (Lipinski definition) is 6. The number of carbonyl (C=O) groups excluding carboxylic acids is 2. The monoisotopic (exact) mass is 422 g/mol. The molecule has 0 amide bonds. The van der Waals surface area contributed by atoms with E-state index in [1.165, 1.54) is 25.3 Å². The zero-order chi connectivity index (χ0) is 20.9. The van der Waals surface area contributed by atoms with Crippen LogP contribution in [-0.2, 0) is 32.2 Å². The van der Waals surface area contributed by atoms with Gasteiger partial charge in [0, 0.05) is 13.1 Å². The summed E-state index contributed by atoms with van der Waals surface area (Å²) in [5.41, 5.74) is 7.44. The zero-order valence-corrected chi connectivity index (χ0v) is 18.2. The number of rotatable bonds is 7. The molecule has 0 aliphatic heterocycles. The van der Waals surface area contributed by atoms with Gasteiger partial charge in [0.15, 0.2) is 0 Å². The van der Waals surface area contributed by atoms with Crippen molar-refractivity contribution in [1.29, 1.82) is 0 Å². The lowest BCUT2D eigenvalue weighted by Gasteiger charge is -2.27. The molecule has 0 aliphatic carbocycles. The average molecular weight is 423 g/mol. The Bertz CT molecular complexity index is 670. The second-order valence-corrected chi connectivity index (χ2v) is 6.39. The molecule has 160 valence electrons. The third kappa shape index (κ3) is 10.1. The molecule has 2 aromatic rings. The van der Waals surface area contributed by atoms with Crippen LogP contribution in [0.4, 0.5) is 0 Å². The van der Waals surface area contributed by atoms with Gasteiger partial charge in [-0.3, -0.25) is 14.5 Å². The minimum absolute atomic E-state index is 0. The van der Waals surface area contributed by atoms with Crippen molar-refractivity contribution < 1.29 is 19.1 Å². The highest BCUT2D eigenvalue weighted by Crippen LogP contribution is 2.14. The van der Waals surface area contributed by atoms with Crippen LogP contribution in [0.1, 0.15) is 25.0 Å². The van der Waals surface area contributed by atoms with Crippen LogP contribution in [0, 0.1) is 0 Å². The van der Waals surface area contributed by atoms with Crippen molar-refractivity contribution in [3.8, 4) is 0 Å². The van der Waals surface area contributed by atoms with E-state index in [1.807, 2.05) is 43.3 Å². The zero-order valence-electron chi connectivity index (χ0n) is 17.4. The first-order valence-electron chi connectivity index (χ1n) is 9.12. The van der Waals surface area contributed by atoms with Crippen LogP contribution in [0.25, 0.3) is 0 Å². The van der Waals surface area contributed by atoms with Crippen molar-refractivity contribution in [2.45, 2.75) is 39.0 Å². The van der Waals surface area contributed by atoms with Crippen LogP contribution >= 0.6 is 12.4 Å². The first-order chi connectivity index (χ1) is 13.4. The molecule has 2 atom stereocenters. The second-order valence-electron chi connectivity index (χ2n) is 6.39. The smallest absolute Gasteiger partial charge is 0.322 e. The summed E-state index contributed by atoms with van der Waals surface area (Å²) in [6, 6.07) is 19.5. The average Bonchev–Trinajstić information content (AvgIpc) is 2.73. The summed E-state index contributed by atoms with van der Waals surface area (Å²) in [7, 11) is 2.74. The van der Waals surface area contributed by atoms with Gasteiger partial charge in [0.2, 0.25) is 0 Å². The minimum Gasteiger partial charge on any atom is -0.468 e. The number of methoxy groups -OCH3 is 2. The van der Waals surface area contributed by atoms with E-state index in [0.717, 1.165) is 0 Å². The summed E-state index contributed by atoms with van der Waals surface area (Å²) >= 11 is 0. The van der Waals surface area contributed by atoms with Gasteiger partial charge < -0.3 is 15.2 Å². The maximum Gasteiger partial charge on any atom is 0.322 e. The Morgan fingerprint density at radius 1 is 0.828 bits per heavy atom. The SMILES string of the molecule is COC(=O)[C@@H](C)N.COC(=O)[C@@H](C)N(Cc1ccccc1)Cc1ccccc1.Cl. The first kappa shape index (κ1) is 26.6. The lowest BCUT2D eigenvalue weighted by atomic mass is 10.1. The molecule has 0 fully saturated rings. The number of esters is 2. The molecule has 0 radical (unpaired) electrons. The minimum atomic E-state index is -0.495. The Morgan fingerprint density at radius 2 is 1.21 bits per heavy atom. The molecular weight excluding hydrogens is 392 g/mol. The van der Waals surface area contributed by atoms with Crippen molar-refractivity contribution in [2.75, 3.05) is 14.2 Å². The van der Waals surface area contributed by atoms with Crippen LogP contribution in [0.2, 0.25) is 0 Å². The van der Waals surface area contributed by atoms with E-state index in [2.05, 4.69) is 33.9 Å². The van der Waals surface area contributed by atoms with E-state index in [0.29, 0.717) is 13.1 Å². The molecule has 0 spiro atoms. The van der Waals surface area contributed by atoms with E-state index in [4.69, 9.17) is 10.5 Å². The van der Waals surface area contributed by atoms with Gasteiger partial charge in [-0.25, -0.2) is 0 Å². The Kier molecular flexibility index (Phi) is 13.4. The lowest BCUT2D eigenvalue weighted by molar-refractivity contribution is -0.146. The highest BCUT2D eigenvalue weighted by atomic mass is 35.5. The van der Waals surface area contributed by atoms with Crippen molar-refractivity contribution in [3.05, 3.63) is 71.8 Å². The van der Waals surface area contributed by atoms with Gasteiger partial charge in [0.25, 0.3) is 0 Å². The molecule has 7 heteroatoms. The topological polar surface area (TPSA) is 81.9 Å². The third-order valence-electron chi connectivity index (χ3n) is 4.12. The fraction of sp³-hybridized carbons (Fsp3) is 0.364. The standard InChI is InChI=1S/C18H21NO2.C4H9NO2.ClH/c1-15(18(20)21-2)19(13-16-9-5-3-6-10-16)14-17-11-7-4-8-12-17;1-3(5)4(6)7-2;/h3-12,15H,13-14H2,1-2H3;3H,5H2,1-2H3;1H/t15-;3-;/m11./s1. The molecule has 0 aromatic heterocycles. The van der Waals surface area contributed by atoms with E-state index in [1.54, 1.807) is 6.92 Å². The van der Waals surface area contributed by atoms with E-state index < -0.39 is 6.04 Å². The molecular formula is C22H31ClN2O4. The summed E-state index contributed by atoms with van der Waals surface area (Å²) in [5, 5.41) is 0. The molecule has 0 bridgehead atoms. The van der Waals surface area contributed by atoms with Gasteiger partial charge in [-0.1, -0.05) is 60.7 Å². The predicted octanol–water partition coefficient (Wildman–Crippen LogP) is 3.18. The molecule has 29 heavy (non-hydrogen) atoms. The molecule has 0 aliphatic rings. The molecule has 2 N–H and O–H groups in total. The summed E-state index contributed by atoms with van der Waals surface area (Å²) in [6.45, 7) is 4.89. The van der Waals surface area contributed by atoms with Crippen LogP contribution in [0.3, 0.4) is 0 Å². The van der Waals surface area contributed by atoms with Crippen LogP contribution < -0.4 is 5.73 Å². The normalized spacial score (nSPS) is 11.9. The Morgan fingerprint density at radius 3 is 1.48 bits per heavy atom. The Labute approximate surface area is 179 Å². The number of carbonyl (C=O) groups is 2. The summed E-state index contributed by atoms with van der Waals surface area (Å²) in [4.78, 5) is 24.2. The molecule has 2 aromatic carbocycles. The van der Waals surface area contributed by atoms with Crippen LogP contribution in [0.15, 0.2) is 60.7 Å². The number of nitrogens with zero attached hydrogens (tertiary/aromatic N) is 1. The molecule has 0 saturated heterocycles. The quantitative estimate of drug-likeness (QED) is 0.690. The summed E-state index contributed by atoms with van der Waals surface area (Å²) < 4.78 is 9.14. The fourth-order valence-corrected chi connectivity index (χ4v) is 2.47. The summed E-state index contributed by atoms with van der Waals surface area (Å²) in [5.74, 6) is -0.582. The number of nitrogens with two attached hydrogens (primary N) is 1. The lowest BCUT2D eigenvalue weighted by Crippen LogP contribution is -2.38. The van der Waals surface area contributed by atoms with E-state index in [-0.39, 0.29) is 30.4 Å².